The predicted molar refractivity (Wildman–Crippen MR) is 505 cm³/mol. The molecule has 0 spiro atoms. The summed E-state index contributed by atoms with van der Waals surface area (Å²) in [6, 6.07) is -22.3. The second-order valence-corrected chi connectivity index (χ2v) is 38.0. The van der Waals surface area contributed by atoms with Crippen molar-refractivity contribution in [1.29, 1.82) is 0 Å². The molecule has 2 heterocycles. The van der Waals surface area contributed by atoms with E-state index in [-0.39, 0.29) is 100 Å². The number of aliphatic hydroxyl groups excluding tert-OH is 3. The summed E-state index contributed by atoms with van der Waals surface area (Å²) in [5, 5.41) is 74.8. The lowest BCUT2D eigenvalue weighted by atomic mass is 9.97. The Morgan fingerprint density at radius 1 is 0.482 bits per heavy atom. The lowest BCUT2D eigenvalue weighted by Gasteiger charge is -2.31. The number of unbranched alkanes of at least 4 members (excludes halogenated alkanes) is 3. The zero-order chi connectivity index (χ0) is 104. The molecule has 0 aromatic heterocycles. The molecule has 45 nitrogen and oxygen atoms in total. The molecule has 2 saturated heterocycles. The van der Waals surface area contributed by atoms with Crippen LogP contribution >= 0.6 is 0 Å². The number of ether oxygens (including phenoxy) is 1. The fraction of sp³-hybridized carbons (Fsp3) is 0.739. The van der Waals surface area contributed by atoms with Crippen molar-refractivity contribution in [3.8, 4) is 0 Å². The summed E-state index contributed by atoms with van der Waals surface area (Å²) in [4.78, 5) is 282. The molecule has 0 aliphatic carbocycles. The molecule has 0 aromatic carbocycles. The number of aliphatic hydroxyl groups is 3. The smallest absolute Gasteiger partial charge is 0.328 e. The summed E-state index contributed by atoms with van der Waals surface area (Å²) < 4.78 is 5.80. The molecule has 17 atom stereocenters. The third-order valence-corrected chi connectivity index (χ3v) is 22.7. The van der Waals surface area contributed by atoms with Crippen molar-refractivity contribution in [3.63, 3.8) is 0 Å². The average Bonchev–Trinajstić information content (AvgIpc) is 1.64. The van der Waals surface area contributed by atoms with E-state index >= 15 is 0 Å². The van der Waals surface area contributed by atoms with Gasteiger partial charge in [-0.05, 0) is 158 Å². The highest BCUT2D eigenvalue weighted by Crippen LogP contribution is 2.23. The van der Waals surface area contributed by atoms with Gasteiger partial charge in [0.25, 0.3) is 11.8 Å². The number of hydrogen-bond donors (Lipinski definition) is 23. The molecule has 776 valence electrons. The summed E-state index contributed by atoms with van der Waals surface area (Å²) in [6.45, 7) is 30.0. The number of nitrogens with two attached hydrogens (primary N) is 3. The molecular formula is C92H159N21O24. The summed E-state index contributed by atoms with van der Waals surface area (Å²) in [5.74, 6) is -22.8. The maximum absolute atomic E-state index is 14.6. The number of nitrogens with one attached hydrogen (secondary N) is 17. The average molecular weight is 1940 g/mol. The summed E-state index contributed by atoms with van der Waals surface area (Å²) in [6.07, 6.45) is 2.61. The Hall–Kier alpha value is -11.3. The molecule has 1 unspecified atom stereocenters. The van der Waals surface area contributed by atoms with Crippen molar-refractivity contribution in [2.75, 3.05) is 39.4 Å². The SMILES string of the molecule is C/C=C(\NC(=O)[C@H](NC(=O)[C@H](CC(C)C)NC(=O)[C@@H](CCC(N)=O)NC(=O)[C@@H](NC(=O)[C@H](NC(=O)[C@@H](CC(C)C)NC(=O)[C@@H](CO)NC(=O)[C@H](NC(=O)[C@@H](CC(C)C)NC(=O)[C@@H](CO)NC(=O)[C@H]1CCCN1C(=O)/C(=C/C)NC(=O)CC(O)CCCCC)C(C)C)C(C)C)C(C)C)C(C)C)C(=O)N[C@H]1C(=O)N[C@@H](CC(C)C)C(=O)NCC(=O)N[C@H](CCN)C(=O)N[C@@H](CCCCN)C(=O)O[C@@H]1C. The minimum Gasteiger partial charge on any atom is -0.458 e. The number of rotatable bonds is 55. The number of esters is 1. The van der Waals surface area contributed by atoms with E-state index in [1.807, 2.05) is 6.92 Å². The molecule has 2 aliphatic rings. The van der Waals surface area contributed by atoms with E-state index in [4.69, 9.17) is 21.9 Å². The molecule has 2 fully saturated rings. The maximum Gasteiger partial charge on any atom is 0.328 e. The van der Waals surface area contributed by atoms with Crippen LogP contribution in [0.25, 0.3) is 0 Å². The molecule has 0 saturated carbocycles. The van der Waals surface area contributed by atoms with Crippen LogP contribution in [0.2, 0.25) is 0 Å². The highest BCUT2D eigenvalue weighted by atomic mass is 16.5. The molecular weight excluding hydrogens is 1780 g/mol. The fourth-order valence-corrected chi connectivity index (χ4v) is 15.0. The van der Waals surface area contributed by atoms with Gasteiger partial charge in [-0.2, -0.15) is 0 Å². The van der Waals surface area contributed by atoms with Gasteiger partial charge in [-0.15, -0.1) is 0 Å². The van der Waals surface area contributed by atoms with Crippen LogP contribution in [0.15, 0.2) is 23.5 Å². The van der Waals surface area contributed by atoms with Crippen LogP contribution in [0.4, 0.5) is 0 Å². The van der Waals surface area contributed by atoms with E-state index in [0.29, 0.717) is 32.1 Å². The number of allylic oxidation sites excluding steroid dienone is 2. The van der Waals surface area contributed by atoms with Crippen LogP contribution in [-0.2, 0) is 101 Å². The quantitative estimate of drug-likeness (QED) is 0.0161. The van der Waals surface area contributed by atoms with Gasteiger partial charge in [0, 0.05) is 13.0 Å². The molecule has 0 bridgehead atoms. The van der Waals surface area contributed by atoms with Crippen molar-refractivity contribution in [2.24, 2.45) is 64.5 Å². The van der Waals surface area contributed by atoms with Crippen LogP contribution in [0.1, 0.15) is 248 Å². The standard InChI is InChI=1S/C92H159N21O24/c1-21-24-25-29-55(116)42-69(118)97-57(23-3)91(135)113-37-28-31-67(113)85(129)106-65(44-114)83(127)103-63(40-48(8)9)81(125)109-72(51(14)15)88(132)107-66(45-115)84(128)104-64(41-49(10)11)82(126)110-74(53(18)19)89(133)111-73(52(16)17)87(131)100-58(32-33-68(95)117)78(122)102-62(39-47(6)7)80(124)108-71(50(12)13)86(130)99-56(22-2)77(121)112-75-54(20)137-92(136)60(30-26-27-35-93)101-79(123)59(34-36-94)98-70(119)43-96-76(120)61(38-46(4)5)105-90(75)134/h22-23,46-55,58-67,71-75,114-116H,21,24-45,93-94H2,1-20H3,(H2,95,117)(H,96,120)(H,97,118)(H,98,119)(H,99,130)(H,100,131)(H,101,123)(H,102,122)(H,103,127)(H,104,128)(H,105,134)(H,106,129)(H,107,132)(H,108,124)(H,109,125)(H,110,126)(H,111,133)(H,112,121)/b56-22-,57-23-/t54-,55?,58-,59-,60+,61+,62+,63-,64-,65-,66-,67-,71-,72-,73+,74-,75-/m1/s1. The van der Waals surface area contributed by atoms with Crippen molar-refractivity contribution in [3.05, 3.63) is 23.5 Å². The first-order valence-electron chi connectivity index (χ1n) is 47.8. The Labute approximate surface area is 803 Å². The van der Waals surface area contributed by atoms with Gasteiger partial charge in [0.1, 0.15) is 108 Å². The normalized spacial score (nSPS) is 19.5. The molecule has 26 N–H and O–H groups in total. The van der Waals surface area contributed by atoms with Crippen LogP contribution in [0, 0.1) is 47.3 Å². The highest BCUT2D eigenvalue weighted by Gasteiger charge is 2.44. The topological polar surface area (TPSA) is 697 Å². The first kappa shape index (κ1) is 122. The molecule has 137 heavy (non-hydrogen) atoms. The molecule has 0 aromatic rings. The summed E-state index contributed by atoms with van der Waals surface area (Å²) >= 11 is 0. The first-order chi connectivity index (χ1) is 64.2. The summed E-state index contributed by atoms with van der Waals surface area (Å²) in [5.41, 5.74) is 16.5. The zero-order valence-electron chi connectivity index (χ0n) is 83.4. The van der Waals surface area contributed by atoms with Crippen LogP contribution in [0.5, 0.6) is 0 Å². The number of likely N-dealkylation sites (tertiary alicyclic amines) is 1. The van der Waals surface area contributed by atoms with Crippen molar-refractivity contribution in [1.82, 2.24) is 95.3 Å². The maximum atomic E-state index is 14.6. The second kappa shape index (κ2) is 61.8. The molecule has 2 rings (SSSR count). The van der Waals surface area contributed by atoms with E-state index in [0.717, 1.165) is 18.9 Å². The monoisotopic (exact) mass is 1940 g/mol. The van der Waals surface area contributed by atoms with E-state index in [1.165, 1.54) is 31.7 Å². The Bertz CT molecular complexity index is 4140. The molecule has 19 amide bonds. The van der Waals surface area contributed by atoms with Gasteiger partial charge in [0.05, 0.1) is 32.3 Å². The van der Waals surface area contributed by atoms with Gasteiger partial charge in [-0.3, -0.25) is 91.1 Å². The van der Waals surface area contributed by atoms with Gasteiger partial charge >= 0.3 is 5.97 Å². The van der Waals surface area contributed by atoms with Gasteiger partial charge in [0.15, 0.2) is 0 Å². The molecule has 2 aliphatic heterocycles. The third kappa shape index (κ3) is 42.7. The predicted octanol–water partition coefficient (Wildman–Crippen LogP) is -3.27. The molecule has 0 radical (unpaired) electrons. The Kier molecular flexibility index (Phi) is 54.9. The number of amides is 19. The van der Waals surface area contributed by atoms with Crippen LogP contribution in [-0.4, -0.2) is 281 Å². The van der Waals surface area contributed by atoms with E-state index < -0.39 is 283 Å². The first-order valence-corrected chi connectivity index (χ1v) is 47.8. The highest BCUT2D eigenvalue weighted by molar-refractivity contribution is 6.05. The van der Waals surface area contributed by atoms with E-state index in [9.17, 15) is 111 Å². The number of carbonyl (C=O) groups is 20. The van der Waals surface area contributed by atoms with Gasteiger partial charge in [-0.1, -0.05) is 149 Å². The summed E-state index contributed by atoms with van der Waals surface area (Å²) in [7, 11) is 0. The van der Waals surface area contributed by atoms with Gasteiger partial charge in [0.2, 0.25) is 100 Å². The Morgan fingerprint density at radius 3 is 1.37 bits per heavy atom. The number of nitrogens with zero attached hydrogens (tertiary/aromatic N) is 1. The second-order valence-electron chi connectivity index (χ2n) is 38.0. The Morgan fingerprint density at radius 2 is 0.927 bits per heavy atom. The Balaban J connectivity index is 2.43. The minimum absolute atomic E-state index is 0.000602. The van der Waals surface area contributed by atoms with Crippen molar-refractivity contribution >= 4 is 118 Å². The van der Waals surface area contributed by atoms with Gasteiger partial charge in [-0.25, -0.2) is 4.79 Å². The number of carbonyl (C=O) groups excluding carboxylic acids is 20. The lowest BCUT2D eigenvalue weighted by Crippen LogP contribution is -2.62. The van der Waals surface area contributed by atoms with Crippen LogP contribution in [0.3, 0.4) is 0 Å². The number of primary amides is 1. The van der Waals surface area contributed by atoms with E-state index in [2.05, 4.69) is 90.4 Å². The van der Waals surface area contributed by atoms with E-state index in [1.54, 1.807) is 111 Å². The van der Waals surface area contributed by atoms with Crippen molar-refractivity contribution in [2.45, 2.75) is 350 Å². The zero-order valence-corrected chi connectivity index (χ0v) is 83.4. The molecule has 45 heteroatoms. The van der Waals surface area contributed by atoms with Gasteiger partial charge < -0.3 is 133 Å². The number of hydrogen-bond acceptors (Lipinski definition) is 26. The fourth-order valence-electron chi connectivity index (χ4n) is 15.0. The lowest BCUT2D eigenvalue weighted by molar-refractivity contribution is -0.156. The van der Waals surface area contributed by atoms with Crippen molar-refractivity contribution < 1.29 is 116 Å². The van der Waals surface area contributed by atoms with Crippen LogP contribution < -0.4 is 108 Å². The number of cyclic esters (lactones) is 1. The minimum atomic E-state index is -1.84. The largest absolute Gasteiger partial charge is 0.458 e. The third-order valence-electron chi connectivity index (χ3n) is 22.7.